The standard InChI is InChI=1S/C11H9Cl2N3S/c1-3-6(4-2)14-9-7(12)5-8(13)10-11(9)16-17-15-10/h1,5-6,14H,4H2,2H3. The van der Waals surface area contributed by atoms with Crippen LogP contribution in [0.1, 0.15) is 13.3 Å². The average molecular weight is 286 g/mol. The molecule has 0 radical (unpaired) electrons. The number of hydrogen-bond donors (Lipinski definition) is 1. The van der Waals surface area contributed by atoms with Gasteiger partial charge < -0.3 is 5.32 Å². The normalized spacial score (nSPS) is 13.8. The Hall–Kier alpha value is -1.02. The number of rotatable bonds is 3. The van der Waals surface area contributed by atoms with E-state index < -0.39 is 0 Å². The van der Waals surface area contributed by atoms with Crippen LogP contribution in [0.5, 0.6) is 0 Å². The van der Waals surface area contributed by atoms with Crippen LogP contribution in [0.2, 0.25) is 10.0 Å². The highest BCUT2D eigenvalue weighted by Crippen LogP contribution is 2.47. The van der Waals surface area contributed by atoms with E-state index in [0.717, 1.165) is 17.8 Å². The molecule has 1 aliphatic rings. The predicted molar refractivity (Wildman–Crippen MR) is 74.5 cm³/mol. The van der Waals surface area contributed by atoms with E-state index in [-0.39, 0.29) is 6.04 Å². The summed E-state index contributed by atoms with van der Waals surface area (Å²) in [4.78, 5) is 0. The van der Waals surface area contributed by atoms with Crippen LogP contribution >= 0.6 is 23.2 Å². The van der Waals surface area contributed by atoms with Crippen molar-refractivity contribution in [1.29, 1.82) is 0 Å². The summed E-state index contributed by atoms with van der Waals surface area (Å²) < 4.78 is 8.32. The number of anilines is 1. The number of nitrogens with zero attached hydrogens (tertiary/aromatic N) is 2. The van der Waals surface area contributed by atoms with Crippen molar-refractivity contribution < 1.29 is 0 Å². The minimum absolute atomic E-state index is 0.0847. The Morgan fingerprint density at radius 2 is 2.12 bits per heavy atom. The Bertz CT molecular complexity index is 571. The fraction of sp³-hybridized carbons (Fsp3) is 0.273. The van der Waals surface area contributed by atoms with Gasteiger partial charge in [0.15, 0.2) is 0 Å². The molecule has 1 atom stereocenters. The van der Waals surface area contributed by atoms with Gasteiger partial charge in [-0.1, -0.05) is 36.0 Å². The van der Waals surface area contributed by atoms with Gasteiger partial charge in [-0.3, -0.25) is 0 Å². The van der Waals surface area contributed by atoms with E-state index in [1.54, 1.807) is 6.07 Å². The molecular formula is C11H9Cl2N3S. The molecule has 17 heavy (non-hydrogen) atoms. The molecule has 0 saturated carbocycles. The minimum Gasteiger partial charge on any atom is -0.369 e. The van der Waals surface area contributed by atoms with Gasteiger partial charge in [0, 0.05) is 0 Å². The van der Waals surface area contributed by atoms with E-state index in [9.17, 15) is 0 Å². The number of hydrogen-bond acceptors (Lipinski definition) is 3. The molecule has 1 heterocycles. The maximum Gasteiger partial charge on any atom is 0.130 e. The molecule has 1 aromatic rings. The van der Waals surface area contributed by atoms with Crippen molar-refractivity contribution in [1.82, 2.24) is 0 Å². The topological polar surface area (TPSA) is 36.8 Å². The zero-order chi connectivity index (χ0) is 12.4. The fourth-order valence-corrected chi connectivity index (χ4v) is 2.61. The molecule has 1 aromatic carbocycles. The first kappa shape index (κ1) is 12.4. The Morgan fingerprint density at radius 3 is 2.76 bits per heavy atom. The van der Waals surface area contributed by atoms with Crippen molar-refractivity contribution in [2.75, 3.05) is 5.32 Å². The zero-order valence-corrected chi connectivity index (χ0v) is 11.3. The van der Waals surface area contributed by atoms with E-state index >= 15 is 0 Å². The van der Waals surface area contributed by atoms with Crippen LogP contribution in [0.25, 0.3) is 0 Å². The molecule has 0 aliphatic carbocycles. The molecular weight excluding hydrogens is 277 g/mol. The summed E-state index contributed by atoms with van der Waals surface area (Å²) in [5, 5.41) is 4.18. The maximum atomic E-state index is 6.14. The summed E-state index contributed by atoms with van der Waals surface area (Å²) in [6, 6.07) is 1.57. The third kappa shape index (κ3) is 2.32. The summed E-state index contributed by atoms with van der Waals surface area (Å²) in [7, 11) is 0. The monoisotopic (exact) mass is 285 g/mol. The molecule has 2 rings (SSSR count). The first-order valence-electron chi connectivity index (χ1n) is 5.00. The SMILES string of the molecule is C#CC(CC)Nc1c(Cl)cc(Cl)c2c1N=S=N2. The lowest BCUT2D eigenvalue weighted by Gasteiger charge is -2.15. The van der Waals surface area contributed by atoms with Crippen LogP contribution in [-0.4, -0.2) is 6.04 Å². The highest BCUT2D eigenvalue weighted by Gasteiger charge is 2.19. The second-order valence-corrected chi connectivity index (χ2v) is 4.79. The van der Waals surface area contributed by atoms with Gasteiger partial charge in [0.1, 0.15) is 11.4 Å². The fourth-order valence-electron chi connectivity index (χ4n) is 1.45. The summed E-state index contributed by atoms with van der Waals surface area (Å²) in [6.07, 6.45) is 6.22. The Labute approximate surface area is 113 Å². The summed E-state index contributed by atoms with van der Waals surface area (Å²) in [5.41, 5.74) is 2.02. The first-order valence-corrected chi connectivity index (χ1v) is 6.49. The van der Waals surface area contributed by atoms with Gasteiger partial charge in [-0.05, 0) is 12.5 Å². The summed E-state index contributed by atoms with van der Waals surface area (Å²) in [6.45, 7) is 2.00. The second kappa shape index (κ2) is 5.09. The van der Waals surface area contributed by atoms with Crippen LogP contribution < -0.4 is 5.32 Å². The smallest absolute Gasteiger partial charge is 0.130 e. The number of nitrogens with one attached hydrogen (secondary N) is 1. The third-order valence-electron chi connectivity index (χ3n) is 2.37. The van der Waals surface area contributed by atoms with Crippen LogP contribution in [-0.2, 0) is 11.4 Å². The predicted octanol–water partition coefficient (Wildman–Crippen LogP) is 4.54. The van der Waals surface area contributed by atoms with Crippen molar-refractivity contribution in [2.24, 2.45) is 8.73 Å². The molecule has 0 aromatic heterocycles. The number of terminal acetylenes is 1. The van der Waals surface area contributed by atoms with Crippen molar-refractivity contribution >= 4 is 51.6 Å². The Morgan fingerprint density at radius 1 is 1.41 bits per heavy atom. The molecule has 0 fully saturated rings. The van der Waals surface area contributed by atoms with Crippen LogP contribution in [0.4, 0.5) is 17.1 Å². The second-order valence-electron chi connectivity index (χ2n) is 3.45. The van der Waals surface area contributed by atoms with Crippen LogP contribution in [0.3, 0.4) is 0 Å². The molecule has 88 valence electrons. The average Bonchev–Trinajstić information content (AvgIpc) is 2.79. The third-order valence-corrected chi connectivity index (χ3v) is 3.49. The molecule has 1 aliphatic heterocycles. The zero-order valence-electron chi connectivity index (χ0n) is 9.00. The summed E-state index contributed by atoms with van der Waals surface area (Å²) >= 11 is 13.3. The van der Waals surface area contributed by atoms with Gasteiger partial charge in [0.25, 0.3) is 0 Å². The molecule has 1 unspecified atom stereocenters. The van der Waals surface area contributed by atoms with Gasteiger partial charge in [0.2, 0.25) is 0 Å². The van der Waals surface area contributed by atoms with Gasteiger partial charge in [0.05, 0.1) is 33.1 Å². The van der Waals surface area contributed by atoms with Gasteiger partial charge in [-0.25, -0.2) is 0 Å². The van der Waals surface area contributed by atoms with Crippen molar-refractivity contribution in [3.63, 3.8) is 0 Å². The summed E-state index contributed by atoms with van der Waals surface area (Å²) in [5.74, 6) is 2.65. The lowest BCUT2D eigenvalue weighted by molar-refractivity contribution is 0.858. The highest BCUT2D eigenvalue weighted by atomic mass is 35.5. The van der Waals surface area contributed by atoms with E-state index in [2.05, 4.69) is 20.0 Å². The minimum atomic E-state index is -0.0847. The van der Waals surface area contributed by atoms with Gasteiger partial charge in [-0.2, -0.15) is 8.73 Å². The van der Waals surface area contributed by atoms with Crippen LogP contribution in [0.15, 0.2) is 14.8 Å². The molecule has 0 amide bonds. The number of halogens is 2. The lowest BCUT2D eigenvalue weighted by Crippen LogP contribution is -2.16. The van der Waals surface area contributed by atoms with Crippen molar-refractivity contribution in [3.05, 3.63) is 16.1 Å². The van der Waals surface area contributed by atoms with Gasteiger partial charge >= 0.3 is 0 Å². The molecule has 0 bridgehead atoms. The van der Waals surface area contributed by atoms with Crippen molar-refractivity contribution in [2.45, 2.75) is 19.4 Å². The molecule has 3 nitrogen and oxygen atoms in total. The van der Waals surface area contributed by atoms with E-state index in [0.29, 0.717) is 27.1 Å². The van der Waals surface area contributed by atoms with E-state index in [4.69, 9.17) is 29.6 Å². The lowest BCUT2D eigenvalue weighted by atomic mass is 10.2. The quantitative estimate of drug-likeness (QED) is 0.826. The molecule has 0 saturated heterocycles. The number of benzene rings is 1. The Kier molecular flexibility index (Phi) is 3.72. The van der Waals surface area contributed by atoms with Crippen LogP contribution in [0, 0.1) is 12.3 Å². The van der Waals surface area contributed by atoms with Gasteiger partial charge in [-0.15, -0.1) is 6.42 Å². The van der Waals surface area contributed by atoms with Crippen molar-refractivity contribution in [3.8, 4) is 12.3 Å². The Balaban J connectivity index is 2.46. The maximum absolute atomic E-state index is 6.14. The number of fused-ring (bicyclic) bond motifs is 1. The molecule has 1 N–H and O–H groups in total. The largest absolute Gasteiger partial charge is 0.369 e. The highest BCUT2D eigenvalue weighted by molar-refractivity contribution is 7.58. The molecule has 0 spiro atoms. The van der Waals surface area contributed by atoms with E-state index in [1.807, 2.05) is 6.92 Å². The van der Waals surface area contributed by atoms with E-state index in [1.165, 1.54) is 0 Å². The molecule has 6 heteroatoms. The first-order chi connectivity index (χ1) is 8.17.